The lowest BCUT2D eigenvalue weighted by Crippen LogP contribution is -1.99. The first-order chi connectivity index (χ1) is 22.1. The Balaban J connectivity index is 1.97. The summed E-state index contributed by atoms with van der Waals surface area (Å²) >= 11 is 0. The van der Waals surface area contributed by atoms with E-state index in [2.05, 4.69) is 0 Å². The second-order valence-electron chi connectivity index (χ2n) is 9.47. The van der Waals surface area contributed by atoms with Gasteiger partial charge in [-0.25, -0.2) is 17.6 Å². The van der Waals surface area contributed by atoms with E-state index < -0.39 is 90.1 Å². The second kappa shape index (κ2) is 11.2. The molecular weight excluding hydrogens is 596 g/mol. The van der Waals surface area contributed by atoms with Crippen LogP contribution in [0.5, 0.6) is 0 Å². The van der Waals surface area contributed by atoms with Crippen LogP contribution in [0.2, 0.25) is 0 Å². The zero-order chi connectivity index (χ0) is 33.4. The van der Waals surface area contributed by atoms with Gasteiger partial charge in [-0.2, -0.15) is 42.1 Å². The average Bonchev–Trinajstić information content (AvgIpc) is 3.52. The molecule has 0 bridgehead atoms. The smallest absolute Gasteiger partial charge is 0.138 e. The Hall–Kier alpha value is -7.74. The minimum atomic E-state index is -1.30. The van der Waals surface area contributed by atoms with Crippen molar-refractivity contribution >= 4 is 33.4 Å². The van der Waals surface area contributed by atoms with Gasteiger partial charge in [0.05, 0.1) is 45.5 Å². The lowest BCUT2D eigenvalue weighted by molar-refractivity contribution is 0.576. The Labute approximate surface area is 256 Å². The molecule has 210 valence electrons. The number of halogens is 4. The van der Waals surface area contributed by atoms with Crippen LogP contribution in [-0.2, 0) is 0 Å². The van der Waals surface area contributed by atoms with Crippen LogP contribution in [0.25, 0.3) is 33.4 Å². The average molecular weight is 602 g/mol. The molecule has 0 saturated carbocycles. The van der Waals surface area contributed by atoms with Crippen molar-refractivity contribution < 1.29 is 17.6 Å². The first-order valence-electron chi connectivity index (χ1n) is 12.5. The highest BCUT2D eigenvalue weighted by Crippen LogP contribution is 2.55. The zero-order valence-electron chi connectivity index (χ0n) is 22.6. The summed E-state index contributed by atoms with van der Waals surface area (Å²) in [4.78, 5) is 0. The van der Waals surface area contributed by atoms with E-state index in [4.69, 9.17) is 10.5 Å². The van der Waals surface area contributed by atoms with E-state index in [9.17, 15) is 31.6 Å². The number of nitriles is 8. The molecule has 0 fully saturated rings. The molecule has 12 heteroatoms. The van der Waals surface area contributed by atoms with Crippen molar-refractivity contribution in [3.63, 3.8) is 0 Å². The van der Waals surface area contributed by atoms with Gasteiger partial charge in [0, 0.05) is 33.4 Å². The van der Waals surface area contributed by atoms with Gasteiger partial charge in [0.1, 0.15) is 70.8 Å². The molecule has 2 aliphatic carbocycles. The number of fused-ring (bicyclic) bond motifs is 2. The highest BCUT2D eigenvalue weighted by Gasteiger charge is 2.39. The second-order valence-corrected chi connectivity index (χ2v) is 9.47. The van der Waals surface area contributed by atoms with Crippen molar-refractivity contribution in [1.29, 1.82) is 42.1 Å². The monoisotopic (exact) mass is 602 g/mol. The Morgan fingerprint density at radius 2 is 0.717 bits per heavy atom. The molecule has 2 aliphatic rings. The van der Waals surface area contributed by atoms with Gasteiger partial charge >= 0.3 is 0 Å². The van der Waals surface area contributed by atoms with Crippen molar-refractivity contribution in [2.24, 2.45) is 0 Å². The van der Waals surface area contributed by atoms with E-state index in [0.717, 1.165) is 12.1 Å². The number of nitrogens with zero attached hydrogens (tertiary/aromatic N) is 8. The molecule has 8 nitrogen and oxygen atoms in total. The maximum atomic E-state index is 15.4. The van der Waals surface area contributed by atoms with Crippen molar-refractivity contribution in [2.45, 2.75) is 0 Å². The molecule has 46 heavy (non-hydrogen) atoms. The van der Waals surface area contributed by atoms with Crippen LogP contribution in [0.1, 0.15) is 44.5 Å². The minimum absolute atomic E-state index is 0.142. The van der Waals surface area contributed by atoms with Crippen LogP contribution >= 0.6 is 0 Å². The topological polar surface area (TPSA) is 190 Å². The summed E-state index contributed by atoms with van der Waals surface area (Å²) in [6, 6.07) is 18.3. The zero-order valence-corrected chi connectivity index (χ0v) is 22.6. The molecule has 0 atom stereocenters. The van der Waals surface area contributed by atoms with E-state index >= 15 is 17.6 Å². The molecule has 0 amide bonds. The molecule has 0 spiro atoms. The van der Waals surface area contributed by atoms with Gasteiger partial charge in [-0.05, 0) is 47.5 Å². The summed E-state index contributed by atoms with van der Waals surface area (Å²) in [5, 5.41) is 78.0. The third-order valence-corrected chi connectivity index (χ3v) is 7.25. The summed E-state index contributed by atoms with van der Waals surface area (Å²) in [6.07, 6.45) is 0. The molecule has 0 aromatic heterocycles. The van der Waals surface area contributed by atoms with Crippen molar-refractivity contribution in [3.05, 3.63) is 115 Å². The van der Waals surface area contributed by atoms with E-state index in [-0.39, 0.29) is 22.3 Å². The standard InChI is InChI=1S/C34H6F4N8/c35-25-1-15(7-39)2-26(36)33(25)31-23(13-45)19-5-22-20(6-21(19)29(31)17(9-41)10-42)24(14-46)32(30(22)18(11-43)12-44)34-27(37)3-16(8-40)4-28(34)38/h1-6H. The lowest BCUT2D eigenvalue weighted by atomic mass is 9.89. The first kappa shape index (κ1) is 29.7. The first-order valence-corrected chi connectivity index (χ1v) is 12.5. The fraction of sp³-hybridized carbons (Fsp3) is 0. The fourth-order valence-corrected chi connectivity index (χ4v) is 5.49. The number of benzene rings is 3. The molecule has 0 unspecified atom stereocenters. The van der Waals surface area contributed by atoms with Crippen molar-refractivity contribution in [2.75, 3.05) is 0 Å². The number of hydrogen-bond donors (Lipinski definition) is 0. The predicted octanol–water partition coefficient (Wildman–Crippen LogP) is 6.48. The van der Waals surface area contributed by atoms with Crippen LogP contribution in [-0.4, -0.2) is 0 Å². The molecule has 0 N–H and O–H groups in total. The summed E-state index contributed by atoms with van der Waals surface area (Å²) in [5.74, 6) is -5.18. The summed E-state index contributed by atoms with van der Waals surface area (Å²) < 4.78 is 61.5. The van der Waals surface area contributed by atoms with Crippen LogP contribution in [0.15, 0.2) is 47.5 Å². The third-order valence-electron chi connectivity index (χ3n) is 7.25. The molecule has 0 saturated heterocycles. The molecule has 0 aliphatic heterocycles. The molecule has 0 heterocycles. The van der Waals surface area contributed by atoms with Gasteiger partial charge in [0.2, 0.25) is 0 Å². The largest absolute Gasteiger partial charge is 0.206 e. The van der Waals surface area contributed by atoms with Crippen molar-refractivity contribution in [1.82, 2.24) is 0 Å². The Bertz CT molecular complexity index is 2240. The molecule has 0 radical (unpaired) electrons. The minimum Gasteiger partial charge on any atom is -0.206 e. The van der Waals surface area contributed by atoms with E-state index in [0.29, 0.717) is 24.3 Å². The Kier molecular flexibility index (Phi) is 7.21. The van der Waals surface area contributed by atoms with E-state index in [1.165, 1.54) is 0 Å². The maximum Gasteiger partial charge on any atom is 0.138 e. The Morgan fingerprint density at radius 1 is 0.413 bits per heavy atom. The normalized spacial score (nSPS) is 12.3. The van der Waals surface area contributed by atoms with Gasteiger partial charge in [-0.3, -0.25) is 0 Å². The third kappa shape index (κ3) is 4.15. The number of allylic oxidation sites excluding steroid dienone is 8. The van der Waals surface area contributed by atoms with E-state index in [1.807, 2.05) is 0 Å². The molecule has 5 rings (SSSR count). The van der Waals surface area contributed by atoms with Gasteiger partial charge in [0.15, 0.2) is 0 Å². The SMILES string of the molecule is N#CC(C#N)=C1C(c2c(F)cc(C#N)cc2F)=C(C#N)c2cc3c(cc21)C(C#N)=C(c1c(F)cc(C#N)cc1F)C3=C(C#N)C#N. The van der Waals surface area contributed by atoms with E-state index in [1.54, 1.807) is 48.6 Å². The van der Waals surface area contributed by atoms with Crippen molar-refractivity contribution in [3.8, 4) is 48.6 Å². The van der Waals surface area contributed by atoms with Crippen LogP contribution < -0.4 is 0 Å². The predicted molar refractivity (Wildman–Crippen MR) is 150 cm³/mol. The highest BCUT2D eigenvalue weighted by molar-refractivity contribution is 6.30. The van der Waals surface area contributed by atoms with Gasteiger partial charge in [-0.15, -0.1) is 0 Å². The van der Waals surface area contributed by atoms with Crippen LogP contribution in [0.3, 0.4) is 0 Å². The van der Waals surface area contributed by atoms with Crippen LogP contribution in [0, 0.1) is 114 Å². The summed E-state index contributed by atoms with van der Waals surface area (Å²) in [5.41, 5.74) is -7.21. The maximum absolute atomic E-state index is 15.4. The quantitative estimate of drug-likeness (QED) is 0.235. The summed E-state index contributed by atoms with van der Waals surface area (Å²) in [6.45, 7) is 0. The fourth-order valence-electron chi connectivity index (χ4n) is 5.49. The van der Waals surface area contributed by atoms with Gasteiger partial charge in [0.25, 0.3) is 0 Å². The molecule has 3 aromatic rings. The molecule has 3 aromatic carbocycles. The Morgan fingerprint density at radius 3 is 0.957 bits per heavy atom. The number of rotatable bonds is 2. The van der Waals surface area contributed by atoms with Gasteiger partial charge < -0.3 is 0 Å². The number of hydrogen-bond acceptors (Lipinski definition) is 8. The summed E-state index contributed by atoms with van der Waals surface area (Å²) in [7, 11) is 0. The molecular formula is C34H6F4N8. The lowest BCUT2D eigenvalue weighted by Gasteiger charge is -2.12. The van der Waals surface area contributed by atoms with Crippen LogP contribution in [0.4, 0.5) is 17.6 Å². The van der Waals surface area contributed by atoms with Gasteiger partial charge in [-0.1, -0.05) is 0 Å². The highest BCUT2D eigenvalue weighted by atomic mass is 19.1.